The number of hydrogen-bond donors (Lipinski definition) is 1. The van der Waals surface area contributed by atoms with Crippen LogP contribution in [0.25, 0.3) is 10.4 Å². The van der Waals surface area contributed by atoms with Crippen LogP contribution in [0.5, 0.6) is 5.75 Å². The number of nitrogens with two attached hydrogens (primary N) is 1. The molecule has 2 aromatic rings. The third kappa shape index (κ3) is 2.35. The van der Waals surface area contributed by atoms with Crippen LogP contribution in [0.15, 0.2) is 41.8 Å². The minimum absolute atomic E-state index is 0.461. The molecule has 0 aliphatic rings. The molecule has 1 heterocycles. The summed E-state index contributed by atoms with van der Waals surface area (Å²) in [7, 11) is 0. The Morgan fingerprint density at radius 1 is 1.20 bits per heavy atom. The zero-order valence-electron chi connectivity index (χ0n) is 7.84. The maximum Gasteiger partial charge on any atom is 0.409 e. The molecular weight excluding hydrogens is 210 g/mol. The van der Waals surface area contributed by atoms with E-state index in [1.165, 1.54) is 4.88 Å². The molecule has 0 aliphatic carbocycles. The Morgan fingerprint density at radius 2 is 1.93 bits per heavy atom. The van der Waals surface area contributed by atoms with Crippen molar-refractivity contribution in [1.82, 2.24) is 0 Å². The Hall–Kier alpha value is -1.81. The average Bonchev–Trinajstić information content (AvgIpc) is 2.71. The summed E-state index contributed by atoms with van der Waals surface area (Å²) in [5.41, 5.74) is 6.00. The SMILES string of the molecule is NC(=O)Oc1ccc(-c2cccs2)cc1. The lowest BCUT2D eigenvalue weighted by Crippen LogP contribution is -2.16. The van der Waals surface area contributed by atoms with E-state index < -0.39 is 6.09 Å². The molecule has 0 saturated heterocycles. The topological polar surface area (TPSA) is 52.3 Å². The van der Waals surface area contributed by atoms with E-state index in [-0.39, 0.29) is 0 Å². The van der Waals surface area contributed by atoms with E-state index in [0.717, 1.165) is 5.56 Å². The smallest absolute Gasteiger partial charge is 0.409 e. The average molecular weight is 219 g/mol. The lowest BCUT2D eigenvalue weighted by Gasteiger charge is -2.01. The predicted molar refractivity (Wildman–Crippen MR) is 60.0 cm³/mol. The van der Waals surface area contributed by atoms with Gasteiger partial charge in [0.1, 0.15) is 5.75 Å². The fraction of sp³-hybridized carbons (Fsp3) is 0. The van der Waals surface area contributed by atoms with Crippen LogP contribution in [0.2, 0.25) is 0 Å². The van der Waals surface area contributed by atoms with Gasteiger partial charge in [-0.1, -0.05) is 6.07 Å². The third-order valence-corrected chi connectivity index (χ3v) is 2.80. The zero-order valence-corrected chi connectivity index (χ0v) is 8.66. The minimum Gasteiger partial charge on any atom is -0.411 e. The molecule has 0 atom stereocenters. The Labute approximate surface area is 91.1 Å². The first-order chi connectivity index (χ1) is 7.25. The van der Waals surface area contributed by atoms with Gasteiger partial charge in [-0.05, 0) is 41.3 Å². The second kappa shape index (κ2) is 4.14. The van der Waals surface area contributed by atoms with Gasteiger partial charge in [-0.15, -0.1) is 11.3 Å². The minimum atomic E-state index is -0.793. The van der Waals surface area contributed by atoms with Gasteiger partial charge >= 0.3 is 6.09 Å². The molecule has 76 valence electrons. The summed E-state index contributed by atoms with van der Waals surface area (Å²) >= 11 is 1.66. The normalized spacial score (nSPS) is 9.87. The van der Waals surface area contributed by atoms with Crippen molar-refractivity contribution >= 4 is 17.4 Å². The van der Waals surface area contributed by atoms with Crippen LogP contribution < -0.4 is 10.5 Å². The van der Waals surface area contributed by atoms with Crippen molar-refractivity contribution in [2.24, 2.45) is 5.73 Å². The molecule has 0 aliphatic heterocycles. The predicted octanol–water partition coefficient (Wildman–Crippen LogP) is 2.87. The summed E-state index contributed by atoms with van der Waals surface area (Å²) in [6.45, 7) is 0. The molecule has 2 rings (SSSR count). The number of primary amides is 1. The fourth-order valence-electron chi connectivity index (χ4n) is 1.25. The first kappa shape index (κ1) is 9.73. The van der Waals surface area contributed by atoms with Gasteiger partial charge in [-0.2, -0.15) is 0 Å². The van der Waals surface area contributed by atoms with E-state index >= 15 is 0 Å². The standard InChI is InChI=1S/C11H9NO2S/c12-11(13)14-9-5-3-8(4-6-9)10-2-1-7-15-10/h1-7H,(H2,12,13). The molecule has 15 heavy (non-hydrogen) atoms. The van der Waals surface area contributed by atoms with E-state index in [4.69, 9.17) is 10.5 Å². The highest BCUT2D eigenvalue weighted by atomic mass is 32.1. The van der Waals surface area contributed by atoms with Crippen LogP contribution >= 0.6 is 11.3 Å². The van der Waals surface area contributed by atoms with Crippen molar-refractivity contribution < 1.29 is 9.53 Å². The van der Waals surface area contributed by atoms with Crippen molar-refractivity contribution in [3.05, 3.63) is 41.8 Å². The molecule has 0 fully saturated rings. The van der Waals surface area contributed by atoms with Gasteiger partial charge < -0.3 is 10.5 Å². The lowest BCUT2D eigenvalue weighted by atomic mass is 10.2. The van der Waals surface area contributed by atoms with Crippen molar-refractivity contribution in [3.8, 4) is 16.2 Å². The molecule has 1 aromatic heterocycles. The van der Waals surface area contributed by atoms with E-state index in [9.17, 15) is 4.79 Å². The summed E-state index contributed by atoms with van der Waals surface area (Å²) in [5.74, 6) is 0.461. The Balaban J connectivity index is 2.21. The van der Waals surface area contributed by atoms with Gasteiger partial charge in [0.25, 0.3) is 0 Å². The molecule has 0 unspecified atom stereocenters. The molecular formula is C11H9NO2S. The van der Waals surface area contributed by atoms with Crippen LogP contribution in [0.4, 0.5) is 4.79 Å². The number of benzene rings is 1. The zero-order chi connectivity index (χ0) is 10.7. The molecule has 4 heteroatoms. The summed E-state index contributed by atoms with van der Waals surface area (Å²) in [6, 6.07) is 11.3. The second-order valence-corrected chi connectivity index (χ2v) is 3.87. The van der Waals surface area contributed by atoms with E-state index in [2.05, 4.69) is 0 Å². The first-order valence-electron chi connectivity index (χ1n) is 4.37. The van der Waals surface area contributed by atoms with Crippen molar-refractivity contribution in [2.75, 3.05) is 0 Å². The number of thiophene rings is 1. The van der Waals surface area contributed by atoms with Gasteiger partial charge in [-0.3, -0.25) is 0 Å². The van der Waals surface area contributed by atoms with Crippen molar-refractivity contribution in [2.45, 2.75) is 0 Å². The van der Waals surface area contributed by atoms with Gasteiger partial charge in [0.15, 0.2) is 0 Å². The molecule has 0 bridgehead atoms. The van der Waals surface area contributed by atoms with Gasteiger partial charge in [0.2, 0.25) is 0 Å². The number of carbonyl (C=O) groups is 1. The van der Waals surface area contributed by atoms with Crippen molar-refractivity contribution in [1.29, 1.82) is 0 Å². The van der Waals surface area contributed by atoms with Crippen molar-refractivity contribution in [3.63, 3.8) is 0 Å². The highest BCUT2D eigenvalue weighted by Crippen LogP contribution is 2.26. The van der Waals surface area contributed by atoms with E-state index in [0.29, 0.717) is 5.75 Å². The maximum atomic E-state index is 10.5. The maximum absolute atomic E-state index is 10.5. The Bertz CT molecular complexity index is 448. The monoisotopic (exact) mass is 219 g/mol. The van der Waals surface area contributed by atoms with E-state index in [1.54, 1.807) is 23.5 Å². The van der Waals surface area contributed by atoms with Crippen LogP contribution in [-0.4, -0.2) is 6.09 Å². The number of ether oxygens (including phenoxy) is 1. The van der Waals surface area contributed by atoms with Gasteiger partial charge in [0.05, 0.1) is 0 Å². The molecule has 3 nitrogen and oxygen atoms in total. The highest BCUT2D eigenvalue weighted by molar-refractivity contribution is 7.13. The van der Waals surface area contributed by atoms with E-state index in [1.807, 2.05) is 29.6 Å². The molecule has 0 radical (unpaired) electrons. The Morgan fingerprint density at radius 3 is 2.47 bits per heavy atom. The quantitative estimate of drug-likeness (QED) is 0.844. The summed E-state index contributed by atoms with van der Waals surface area (Å²) < 4.78 is 4.73. The number of rotatable bonds is 2. The first-order valence-corrected chi connectivity index (χ1v) is 5.25. The number of hydrogen-bond acceptors (Lipinski definition) is 3. The summed E-state index contributed by atoms with van der Waals surface area (Å²) in [6.07, 6.45) is -0.793. The van der Waals surface area contributed by atoms with Gasteiger partial charge in [-0.25, -0.2) is 4.79 Å². The number of carbonyl (C=O) groups excluding carboxylic acids is 1. The molecule has 0 saturated carbocycles. The van der Waals surface area contributed by atoms with Gasteiger partial charge in [0, 0.05) is 4.88 Å². The summed E-state index contributed by atoms with van der Waals surface area (Å²) in [4.78, 5) is 11.7. The highest BCUT2D eigenvalue weighted by Gasteiger charge is 2.00. The van der Waals surface area contributed by atoms with Crippen LogP contribution in [0.3, 0.4) is 0 Å². The molecule has 0 spiro atoms. The number of amides is 1. The Kier molecular flexibility index (Phi) is 2.69. The van der Waals surface area contributed by atoms with Crippen LogP contribution in [-0.2, 0) is 0 Å². The summed E-state index contributed by atoms with van der Waals surface area (Å²) in [5, 5.41) is 2.02. The van der Waals surface area contributed by atoms with Crippen LogP contribution in [0.1, 0.15) is 0 Å². The molecule has 1 aromatic carbocycles. The van der Waals surface area contributed by atoms with Crippen LogP contribution in [0, 0.1) is 0 Å². The lowest BCUT2D eigenvalue weighted by molar-refractivity contribution is 0.211. The third-order valence-electron chi connectivity index (χ3n) is 1.88. The molecule has 1 amide bonds. The second-order valence-electron chi connectivity index (χ2n) is 2.92. The largest absolute Gasteiger partial charge is 0.411 e. The molecule has 2 N–H and O–H groups in total. The fourth-order valence-corrected chi connectivity index (χ4v) is 1.98.